The average Bonchev–Trinajstić information content (AvgIpc) is 2.10. The zero-order chi connectivity index (χ0) is 11.5. The summed E-state index contributed by atoms with van der Waals surface area (Å²) in [5, 5.41) is 4.83. The van der Waals surface area contributed by atoms with Gasteiger partial charge >= 0.3 is 0 Å². The molecule has 15 heavy (non-hydrogen) atoms. The summed E-state index contributed by atoms with van der Waals surface area (Å²) in [6.07, 6.45) is 1.85. The zero-order valence-electron chi connectivity index (χ0n) is 8.09. The Hall–Kier alpha value is -1.34. The Bertz CT molecular complexity index is 492. The van der Waals surface area contributed by atoms with Crippen molar-refractivity contribution in [3.63, 3.8) is 0 Å². The Morgan fingerprint density at radius 2 is 2.07 bits per heavy atom. The number of sulfonamides is 1. The molecule has 0 aromatic carbocycles. The van der Waals surface area contributed by atoms with Gasteiger partial charge < -0.3 is 10.3 Å². The van der Waals surface area contributed by atoms with E-state index in [1.54, 1.807) is 12.3 Å². The molecule has 0 spiro atoms. The molecule has 0 fully saturated rings. The van der Waals surface area contributed by atoms with Crippen LogP contribution in [0, 0.1) is 0 Å². The molecule has 0 bridgehead atoms. The van der Waals surface area contributed by atoms with Gasteiger partial charge in [0.1, 0.15) is 0 Å². The number of pyridine rings is 1. The Balaban J connectivity index is 2.67. The highest BCUT2D eigenvalue weighted by atomic mass is 32.2. The van der Waals surface area contributed by atoms with Gasteiger partial charge in [0.25, 0.3) is 5.56 Å². The van der Waals surface area contributed by atoms with E-state index in [0.29, 0.717) is 13.0 Å². The molecule has 0 unspecified atom stereocenters. The van der Waals surface area contributed by atoms with Crippen LogP contribution >= 0.6 is 0 Å². The van der Waals surface area contributed by atoms with Crippen LogP contribution in [0.1, 0.15) is 6.42 Å². The van der Waals surface area contributed by atoms with E-state index in [9.17, 15) is 13.2 Å². The van der Waals surface area contributed by atoms with Crippen LogP contribution in [0.2, 0.25) is 0 Å². The van der Waals surface area contributed by atoms with Crippen molar-refractivity contribution in [1.29, 1.82) is 0 Å². The second-order valence-electron chi connectivity index (χ2n) is 3.18. The van der Waals surface area contributed by atoms with Crippen molar-refractivity contribution in [3.8, 4) is 0 Å². The molecule has 0 aliphatic heterocycles. The lowest BCUT2D eigenvalue weighted by atomic mass is 10.4. The van der Waals surface area contributed by atoms with Crippen LogP contribution in [0.25, 0.3) is 0 Å². The van der Waals surface area contributed by atoms with Gasteiger partial charge in [0.15, 0.2) is 0 Å². The van der Waals surface area contributed by atoms with E-state index in [4.69, 9.17) is 10.9 Å². The van der Waals surface area contributed by atoms with Crippen LogP contribution in [0.4, 0.5) is 5.69 Å². The summed E-state index contributed by atoms with van der Waals surface area (Å²) in [7, 11) is -3.46. The van der Waals surface area contributed by atoms with Crippen molar-refractivity contribution in [2.24, 2.45) is 5.14 Å². The van der Waals surface area contributed by atoms with Gasteiger partial charge in [-0.3, -0.25) is 4.79 Å². The molecule has 4 N–H and O–H groups in total. The minimum atomic E-state index is -3.46. The van der Waals surface area contributed by atoms with E-state index >= 15 is 0 Å². The summed E-state index contributed by atoms with van der Waals surface area (Å²) in [4.78, 5) is 11.4. The highest BCUT2D eigenvalue weighted by Crippen LogP contribution is 1.94. The van der Waals surface area contributed by atoms with E-state index in [1.165, 1.54) is 10.6 Å². The minimum Gasteiger partial charge on any atom is -0.394 e. The van der Waals surface area contributed by atoms with Gasteiger partial charge in [0, 0.05) is 12.7 Å². The topological polar surface area (TPSA) is 108 Å². The molecule has 1 rings (SSSR count). The summed E-state index contributed by atoms with van der Waals surface area (Å²) in [5.74, 6) is -0.145. The van der Waals surface area contributed by atoms with Gasteiger partial charge in [-0.25, -0.2) is 13.6 Å². The van der Waals surface area contributed by atoms with Gasteiger partial charge in [0.2, 0.25) is 10.0 Å². The fraction of sp³-hybridized carbons (Fsp3) is 0.375. The normalized spacial score (nSPS) is 11.5. The average molecular weight is 231 g/mol. The summed E-state index contributed by atoms with van der Waals surface area (Å²) >= 11 is 0. The van der Waals surface area contributed by atoms with Gasteiger partial charge in [-0.05, 0) is 18.6 Å². The van der Waals surface area contributed by atoms with Crippen LogP contribution in [-0.2, 0) is 16.6 Å². The Morgan fingerprint density at radius 1 is 1.40 bits per heavy atom. The van der Waals surface area contributed by atoms with Crippen LogP contribution in [0.3, 0.4) is 0 Å². The molecular formula is C8H13N3O3S. The number of rotatable bonds is 4. The van der Waals surface area contributed by atoms with Gasteiger partial charge in [-0.15, -0.1) is 0 Å². The van der Waals surface area contributed by atoms with Crippen molar-refractivity contribution in [2.45, 2.75) is 13.0 Å². The predicted octanol–water partition coefficient (Wildman–Crippen LogP) is -0.891. The lowest BCUT2D eigenvalue weighted by molar-refractivity contribution is 0.586. The lowest BCUT2D eigenvalue weighted by Crippen LogP contribution is -2.24. The number of nitrogen functional groups attached to an aromatic ring is 1. The van der Waals surface area contributed by atoms with E-state index in [-0.39, 0.29) is 17.0 Å². The fourth-order valence-corrected chi connectivity index (χ4v) is 1.70. The molecule has 0 amide bonds. The predicted molar refractivity (Wildman–Crippen MR) is 57.7 cm³/mol. The first kappa shape index (κ1) is 11.7. The zero-order valence-corrected chi connectivity index (χ0v) is 8.90. The van der Waals surface area contributed by atoms with Crippen LogP contribution in [0.15, 0.2) is 23.1 Å². The summed E-state index contributed by atoms with van der Waals surface area (Å²) in [6.45, 7) is 0.292. The van der Waals surface area contributed by atoms with Crippen LogP contribution < -0.4 is 16.4 Å². The number of primary sulfonamides is 1. The first-order valence-electron chi connectivity index (χ1n) is 4.35. The largest absolute Gasteiger partial charge is 0.394 e. The maximum Gasteiger partial charge on any atom is 0.273 e. The Morgan fingerprint density at radius 3 is 2.67 bits per heavy atom. The van der Waals surface area contributed by atoms with E-state index in [1.807, 2.05) is 0 Å². The second kappa shape index (κ2) is 4.45. The standard InChI is InChI=1S/C8H13N3O3S/c9-7-3-1-4-11(8(7)12)5-2-6-15(10,13)14/h1,3-4H,2,5-6,9H2,(H2,10,13,14). The van der Waals surface area contributed by atoms with Gasteiger partial charge in [-0.1, -0.05) is 0 Å². The molecule has 0 saturated carbocycles. The molecule has 0 aliphatic carbocycles. The molecule has 0 saturated heterocycles. The third-order valence-electron chi connectivity index (χ3n) is 1.88. The minimum absolute atomic E-state index is 0.145. The quantitative estimate of drug-likeness (QED) is 0.700. The number of nitrogens with zero attached hydrogens (tertiary/aromatic N) is 1. The van der Waals surface area contributed by atoms with Crippen LogP contribution in [-0.4, -0.2) is 18.7 Å². The third kappa shape index (κ3) is 3.72. The molecule has 1 aromatic rings. The number of hydrogen-bond donors (Lipinski definition) is 2. The lowest BCUT2D eigenvalue weighted by Gasteiger charge is -2.04. The molecule has 84 valence electrons. The van der Waals surface area contributed by atoms with Gasteiger partial charge in [0.05, 0.1) is 11.4 Å². The SMILES string of the molecule is Nc1cccn(CCCS(N)(=O)=O)c1=O. The third-order valence-corrected chi connectivity index (χ3v) is 2.74. The van der Waals surface area contributed by atoms with Crippen molar-refractivity contribution in [1.82, 2.24) is 4.57 Å². The fourth-order valence-electron chi connectivity index (χ4n) is 1.17. The number of nitrogens with two attached hydrogens (primary N) is 2. The Kier molecular flexibility index (Phi) is 3.48. The first-order chi connectivity index (χ1) is 6.90. The van der Waals surface area contributed by atoms with Crippen molar-refractivity contribution in [2.75, 3.05) is 11.5 Å². The van der Waals surface area contributed by atoms with E-state index < -0.39 is 10.0 Å². The highest BCUT2D eigenvalue weighted by molar-refractivity contribution is 7.89. The molecule has 0 radical (unpaired) electrons. The maximum absolute atomic E-state index is 11.4. The number of hydrogen-bond acceptors (Lipinski definition) is 4. The molecular weight excluding hydrogens is 218 g/mol. The molecule has 0 atom stereocenters. The second-order valence-corrected chi connectivity index (χ2v) is 4.92. The first-order valence-corrected chi connectivity index (χ1v) is 6.07. The number of aromatic nitrogens is 1. The molecule has 7 heteroatoms. The van der Waals surface area contributed by atoms with Gasteiger partial charge in [-0.2, -0.15) is 0 Å². The molecule has 6 nitrogen and oxygen atoms in total. The molecule has 1 heterocycles. The monoisotopic (exact) mass is 231 g/mol. The summed E-state index contributed by atoms with van der Waals surface area (Å²) in [5.41, 5.74) is 5.24. The van der Waals surface area contributed by atoms with Crippen molar-refractivity contribution >= 4 is 15.7 Å². The number of aryl methyl sites for hydroxylation is 1. The summed E-state index contributed by atoms with van der Waals surface area (Å²) < 4.78 is 22.6. The van der Waals surface area contributed by atoms with Crippen LogP contribution in [0.5, 0.6) is 0 Å². The highest BCUT2D eigenvalue weighted by Gasteiger charge is 2.03. The van der Waals surface area contributed by atoms with E-state index in [0.717, 1.165) is 0 Å². The van der Waals surface area contributed by atoms with Crippen molar-refractivity contribution < 1.29 is 8.42 Å². The molecule has 0 aliphatic rings. The smallest absolute Gasteiger partial charge is 0.273 e. The number of anilines is 1. The van der Waals surface area contributed by atoms with E-state index in [2.05, 4.69) is 0 Å². The van der Waals surface area contributed by atoms with Crippen molar-refractivity contribution in [3.05, 3.63) is 28.7 Å². The summed E-state index contributed by atoms with van der Waals surface area (Å²) in [6, 6.07) is 3.13. The maximum atomic E-state index is 11.4. The Labute approximate surface area is 87.6 Å². The molecule has 1 aromatic heterocycles.